The fourth-order valence-corrected chi connectivity index (χ4v) is 6.76. The Bertz CT molecular complexity index is 1870. The van der Waals surface area contributed by atoms with Crippen LogP contribution >= 0.6 is 23.1 Å². The molecule has 2 amide bonds. The molecule has 0 aliphatic carbocycles. The van der Waals surface area contributed by atoms with Crippen LogP contribution < -0.4 is 14.8 Å². The first-order valence-corrected chi connectivity index (χ1v) is 16.4. The summed E-state index contributed by atoms with van der Waals surface area (Å²) in [4.78, 5) is 28.0. The maximum absolute atomic E-state index is 13.8. The molecule has 234 valence electrons. The van der Waals surface area contributed by atoms with Crippen LogP contribution in [-0.2, 0) is 11.3 Å². The standard InChI is InChI=1S/C34H32N6O4S2/c1-22-14-16-23(17-15-22)27-19-25(30-13-8-18-45-30)38-40(27)32(41)21-46-34-37-36-31(39(34)26-10-5-7-12-29(26)44-3)20-35-33(42)24-9-4-6-11-28(24)43-2/h4-18,27H,19-21H2,1-3H3,(H,35,42)/t27-/m1/s1. The lowest BCUT2D eigenvalue weighted by Crippen LogP contribution is -2.28. The first-order chi connectivity index (χ1) is 22.5. The number of rotatable bonds is 11. The van der Waals surface area contributed by atoms with Gasteiger partial charge in [0, 0.05) is 6.42 Å². The first-order valence-electron chi connectivity index (χ1n) is 14.6. The summed E-state index contributed by atoms with van der Waals surface area (Å²) in [5.74, 6) is 1.15. The minimum Gasteiger partial charge on any atom is -0.496 e. The van der Waals surface area contributed by atoms with E-state index in [2.05, 4.69) is 39.8 Å². The summed E-state index contributed by atoms with van der Waals surface area (Å²) in [6.45, 7) is 2.12. The summed E-state index contributed by atoms with van der Waals surface area (Å²) in [5, 5.41) is 20.7. The number of amides is 2. The number of carbonyl (C=O) groups excluding carboxylic acids is 2. The average molecular weight is 653 g/mol. The SMILES string of the molecule is COc1ccccc1C(=O)NCc1nnc(SCC(=O)N2N=C(c3cccs3)C[C@@H]2c2ccc(C)cc2)n1-c1ccccc1OC. The molecule has 3 heterocycles. The molecule has 0 bridgehead atoms. The van der Waals surface area contributed by atoms with Crippen molar-refractivity contribution in [2.24, 2.45) is 5.10 Å². The van der Waals surface area contributed by atoms with Gasteiger partial charge in [-0.3, -0.25) is 14.2 Å². The molecule has 0 saturated carbocycles. The average Bonchev–Trinajstić information content (AvgIpc) is 3.87. The number of benzene rings is 3. The minimum absolute atomic E-state index is 0.0738. The predicted octanol–water partition coefficient (Wildman–Crippen LogP) is 6.05. The summed E-state index contributed by atoms with van der Waals surface area (Å²) in [6.07, 6.45) is 0.632. The summed E-state index contributed by atoms with van der Waals surface area (Å²) in [5.41, 5.74) is 4.17. The molecule has 12 heteroatoms. The topological polar surface area (TPSA) is 111 Å². The van der Waals surface area contributed by atoms with Crippen LogP contribution in [0.15, 0.2) is 101 Å². The molecule has 6 rings (SSSR count). The maximum Gasteiger partial charge on any atom is 0.255 e. The van der Waals surface area contributed by atoms with Crippen molar-refractivity contribution in [2.75, 3.05) is 20.0 Å². The highest BCUT2D eigenvalue weighted by molar-refractivity contribution is 7.99. The molecule has 0 radical (unpaired) electrons. The number of hydrogen-bond donors (Lipinski definition) is 1. The number of aromatic nitrogens is 3. The molecule has 3 aromatic carbocycles. The molecule has 0 saturated heterocycles. The minimum atomic E-state index is -0.313. The zero-order valence-electron chi connectivity index (χ0n) is 25.5. The number of para-hydroxylation sites is 3. The fraction of sp³-hybridized carbons (Fsp3) is 0.206. The summed E-state index contributed by atoms with van der Waals surface area (Å²) in [6, 6.07) is 26.5. The molecular formula is C34H32N6O4S2. The van der Waals surface area contributed by atoms with Gasteiger partial charge < -0.3 is 14.8 Å². The molecule has 1 aliphatic rings. The molecule has 1 N–H and O–H groups in total. The van der Waals surface area contributed by atoms with Gasteiger partial charge in [0.2, 0.25) is 0 Å². The lowest BCUT2D eigenvalue weighted by molar-refractivity contribution is -0.130. The maximum atomic E-state index is 13.8. The molecule has 46 heavy (non-hydrogen) atoms. The molecule has 0 unspecified atom stereocenters. The molecular weight excluding hydrogens is 621 g/mol. The molecule has 1 aliphatic heterocycles. The second kappa shape index (κ2) is 14.0. The lowest BCUT2D eigenvalue weighted by atomic mass is 10.00. The number of hydrazone groups is 1. The largest absolute Gasteiger partial charge is 0.496 e. The zero-order chi connectivity index (χ0) is 32.0. The van der Waals surface area contributed by atoms with Gasteiger partial charge in [-0.15, -0.1) is 21.5 Å². The molecule has 0 fully saturated rings. The van der Waals surface area contributed by atoms with Crippen molar-refractivity contribution < 1.29 is 19.1 Å². The number of thioether (sulfide) groups is 1. The highest BCUT2D eigenvalue weighted by Crippen LogP contribution is 2.35. The van der Waals surface area contributed by atoms with E-state index in [-0.39, 0.29) is 30.2 Å². The van der Waals surface area contributed by atoms with Gasteiger partial charge in [0.05, 0.1) is 54.4 Å². The third-order valence-electron chi connectivity index (χ3n) is 7.54. The van der Waals surface area contributed by atoms with Gasteiger partial charge >= 0.3 is 0 Å². The molecule has 5 aromatic rings. The van der Waals surface area contributed by atoms with Gasteiger partial charge in [-0.1, -0.05) is 71.9 Å². The van der Waals surface area contributed by atoms with Crippen LogP contribution in [0.5, 0.6) is 11.5 Å². The van der Waals surface area contributed by atoms with E-state index in [1.807, 2.05) is 48.7 Å². The van der Waals surface area contributed by atoms with Gasteiger partial charge in [-0.25, -0.2) is 5.01 Å². The van der Waals surface area contributed by atoms with Crippen LogP contribution in [-0.4, -0.2) is 57.3 Å². The number of nitrogens with zero attached hydrogens (tertiary/aromatic N) is 5. The Morgan fingerprint density at radius 2 is 1.67 bits per heavy atom. The second-order valence-corrected chi connectivity index (χ2v) is 12.4. The summed E-state index contributed by atoms with van der Waals surface area (Å²) in [7, 11) is 3.11. The third-order valence-corrected chi connectivity index (χ3v) is 9.38. The number of aryl methyl sites for hydroxylation is 1. The van der Waals surface area contributed by atoms with Crippen molar-refractivity contribution in [3.05, 3.63) is 118 Å². The number of carbonyl (C=O) groups is 2. The van der Waals surface area contributed by atoms with E-state index in [9.17, 15) is 9.59 Å². The van der Waals surface area contributed by atoms with Crippen LogP contribution in [0.2, 0.25) is 0 Å². The van der Waals surface area contributed by atoms with Gasteiger partial charge in [-0.2, -0.15) is 5.10 Å². The zero-order valence-corrected chi connectivity index (χ0v) is 27.2. The third kappa shape index (κ3) is 6.53. The Hall–Kier alpha value is -4.94. The molecule has 0 spiro atoms. The van der Waals surface area contributed by atoms with Gasteiger partial charge in [-0.05, 0) is 48.2 Å². The summed E-state index contributed by atoms with van der Waals surface area (Å²) < 4.78 is 12.8. The highest BCUT2D eigenvalue weighted by Gasteiger charge is 2.34. The van der Waals surface area contributed by atoms with Gasteiger partial charge in [0.15, 0.2) is 11.0 Å². The van der Waals surface area contributed by atoms with E-state index >= 15 is 0 Å². The Labute approximate surface area is 275 Å². The van der Waals surface area contributed by atoms with Crippen molar-refractivity contribution >= 4 is 40.6 Å². The van der Waals surface area contributed by atoms with E-state index in [1.165, 1.54) is 18.9 Å². The number of nitrogens with one attached hydrogen (secondary N) is 1. The number of methoxy groups -OCH3 is 2. The predicted molar refractivity (Wildman–Crippen MR) is 179 cm³/mol. The van der Waals surface area contributed by atoms with Crippen molar-refractivity contribution in [1.82, 2.24) is 25.1 Å². The first kappa shape index (κ1) is 31.1. The van der Waals surface area contributed by atoms with Crippen LogP contribution in [0.3, 0.4) is 0 Å². The van der Waals surface area contributed by atoms with Crippen molar-refractivity contribution in [3.63, 3.8) is 0 Å². The van der Waals surface area contributed by atoms with Crippen molar-refractivity contribution in [2.45, 2.75) is 31.1 Å². The van der Waals surface area contributed by atoms with Gasteiger partial charge in [0.1, 0.15) is 11.5 Å². The number of hydrogen-bond acceptors (Lipinski definition) is 9. The molecule has 2 aromatic heterocycles. The molecule has 10 nitrogen and oxygen atoms in total. The Morgan fingerprint density at radius 3 is 2.41 bits per heavy atom. The Morgan fingerprint density at radius 1 is 0.935 bits per heavy atom. The van der Waals surface area contributed by atoms with E-state index in [1.54, 1.807) is 52.3 Å². The van der Waals surface area contributed by atoms with Crippen LogP contribution in [0, 0.1) is 6.92 Å². The van der Waals surface area contributed by atoms with Crippen LogP contribution in [0.4, 0.5) is 0 Å². The van der Waals surface area contributed by atoms with E-state index in [0.29, 0.717) is 40.2 Å². The smallest absolute Gasteiger partial charge is 0.255 e. The number of ether oxygens (including phenoxy) is 2. The Kier molecular flexibility index (Phi) is 9.46. The van der Waals surface area contributed by atoms with Crippen molar-refractivity contribution in [3.8, 4) is 17.2 Å². The van der Waals surface area contributed by atoms with Gasteiger partial charge in [0.25, 0.3) is 11.8 Å². The monoisotopic (exact) mass is 652 g/mol. The van der Waals surface area contributed by atoms with E-state index in [0.717, 1.165) is 21.7 Å². The number of thiophene rings is 1. The van der Waals surface area contributed by atoms with Crippen LogP contribution in [0.1, 0.15) is 44.6 Å². The Balaban J connectivity index is 1.26. The van der Waals surface area contributed by atoms with E-state index in [4.69, 9.17) is 14.6 Å². The quantitative estimate of drug-likeness (QED) is 0.173. The lowest BCUT2D eigenvalue weighted by Gasteiger charge is -2.22. The van der Waals surface area contributed by atoms with E-state index < -0.39 is 0 Å². The highest BCUT2D eigenvalue weighted by atomic mass is 32.2. The van der Waals surface area contributed by atoms with Crippen LogP contribution in [0.25, 0.3) is 5.69 Å². The second-order valence-electron chi connectivity index (χ2n) is 10.5. The van der Waals surface area contributed by atoms with Crippen molar-refractivity contribution in [1.29, 1.82) is 0 Å². The normalized spacial score (nSPS) is 14.2. The fourth-order valence-electron chi connectivity index (χ4n) is 5.22. The summed E-state index contributed by atoms with van der Waals surface area (Å²) >= 11 is 2.87. The molecule has 1 atom stereocenters.